The molecule has 0 amide bonds. The Morgan fingerprint density at radius 2 is 1.70 bits per heavy atom. The van der Waals surface area contributed by atoms with Gasteiger partial charge < -0.3 is 14.6 Å². The third kappa shape index (κ3) is 4.05. The molecule has 0 unspecified atom stereocenters. The zero-order valence-electron chi connectivity index (χ0n) is 12.6. The van der Waals surface area contributed by atoms with Crippen molar-refractivity contribution in [2.24, 2.45) is 0 Å². The van der Waals surface area contributed by atoms with Crippen LogP contribution in [0.4, 0.5) is 0 Å². The highest BCUT2D eigenvalue weighted by molar-refractivity contribution is 7.89. The number of carbonyl (C=O) groups excluding carboxylic acids is 2. The van der Waals surface area contributed by atoms with Crippen molar-refractivity contribution in [3.05, 3.63) is 29.3 Å². The Bertz CT molecular complexity index is 740. The van der Waals surface area contributed by atoms with Gasteiger partial charge in [-0.15, -0.1) is 0 Å². The Balaban J connectivity index is 3.53. The molecule has 0 fully saturated rings. The molecule has 0 spiro atoms. The maximum atomic E-state index is 12.5. The van der Waals surface area contributed by atoms with Gasteiger partial charge in [0.2, 0.25) is 10.0 Å². The van der Waals surface area contributed by atoms with E-state index >= 15 is 0 Å². The van der Waals surface area contributed by atoms with Crippen molar-refractivity contribution in [3.8, 4) is 0 Å². The first-order valence-corrected chi connectivity index (χ1v) is 7.58. The predicted octanol–water partition coefficient (Wildman–Crippen LogP) is -0.0351. The number of likely N-dealkylation sites (N-methyl/N-ethyl adjacent to an activating group) is 1. The zero-order valence-corrected chi connectivity index (χ0v) is 13.4. The van der Waals surface area contributed by atoms with Crippen LogP contribution in [0.1, 0.15) is 20.7 Å². The average Bonchev–Trinajstić information content (AvgIpc) is 2.51. The van der Waals surface area contributed by atoms with E-state index in [0.29, 0.717) is 4.31 Å². The summed E-state index contributed by atoms with van der Waals surface area (Å²) in [6.45, 7) is -0.814. The standard InChI is InChI=1S/C13H15NO8S/c1-14(7-11(15)16)23(19,20)10-6-8(12(17)21-2)4-5-9(10)13(18)22-3/h4-6H,7H2,1-3H3,(H,15,16). The molecule has 0 saturated carbocycles. The molecule has 1 aromatic rings. The summed E-state index contributed by atoms with van der Waals surface area (Å²) in [6, 6.07) is 3.24. The van der Waals surface area contributed by atoms with E-state index in [0.717, 1.165) is 33.4 Å². The number of sulfonamides is 1. The van der Waals surface area contributed by atoms with Crippen LogP contribution in [0, 0.1) is 0 Å². The minimum Gasteiger partial charge on any atom is -0.480 e. The van der Waals surface area contributed by atoms with Crippen molar-refractivity contribution in [2.45, 2.75) is 4.90 Å². The molecular weight excluding hydrogens is 330 g/mol. The molecule has 1 aromatic carbocycles. The van der Waals surface area contributed by atoms with Crippen LogP contribution in [0.5, 0.6) is 0 Å². The number of aliphatic carboxylic acids is 1. The summed E-state index contributed by atoms with van der Waals surface area (Å²) in [7, 11) is -1.13. The number of methoxy groups -OCH3 is 2. The summed E-state index contributed by atoms with van der Waals surface area (Å²) >= 11 is 0. The second-order valence-electron chi connectivity index (χ2n) is 4.35. The van der Waals surface area contributed by atoms with E-state index in [1.807, 2.05) is 0 Å². The van der Waals surface area contributed by atoms with Gasteiger partial charge in [-0.25, -0.2) is 18.0 Å². The number of hydrogen-bond acceptors (Lipinski definition) is 7. The SMILES string of the molecule is COC(=O)c1ccc(C(=O)OC)c(S(=O)(=O)N(C)CC(=O)O)c1. The van der Waals surface area contributed by atoms with Crippen molar-refractivity contribution in [3.63, 3.8) is 0 Å². The van der Waals surface area contributed by atoms with Crippen LogP contribution in [0.3, 0.4) is 0 Å². The largest absolute Gasteiger partial charge is 0.480 e. The van der Waals surface area contributed by atoms with Crippen LogP contribution >= 0.6 is 0 Å². The lowest BCUT2D eigenvalue weighted by molar-refractivity contribution is -0.137. The number of rotatable bonds is 6. The highest BCUT2D eigenvalue weighted by atomic mass is 32.2. The molecule has 0 aromatic heterocycles. The van der Waals surface area contributed by atoms with Crippen molar-refractivity contribution in [2.75, 3.05) is 27.8 Å². The topological polar surface area (TPSA) is 127 Å². The van der Waals surface area contributed by atoms with Crippen LogP contribution in [0.25, 0.3) is 0 Å². The molecule has 9 nitrogen and oxygen atoms in total. The van der Waals surface area contributed by atoms with Gasteiger partial charge in [-0.05, 0) is 18.2 Å². The second kappa shape index (κ2) is 7.20. The van der Waals surface area contributed by atoms with E-state index in [4.69, 9.17) is 5.11 Å². The van der Waals surface area contributed by atoms with Crippen LogP contribution in [-0.2, 0) is 24.3 Å². The van der Waals surface area contributed by atoms with E-state index in [-0.39, 0.29) is 11.1 Å². The van der Waals surface area contributed by atoms with Gasteiger partial charge in [-0.3, -0.25) is 4.79 Å². The lowest BCUT2D eigenvalue weighted by atomic mass is 10.1. The maximum Gasteiger partial charge on any atom is 0.339 e. The van der Waals surface area contributed by atoms with Gasteiger partial charge in [0.05, 0.1) is 30.2 Å². The Kier molecular flexibility index (Phi) is 5.82. The summed E-state index contributed by atoms with van der Waals surface area (Å²) in [5, 5.41) is 8.73. The maximum absolute atomic E-state index is 12.5. The molecule has 0 bridgehead atoms. The number of benzene rings is 1. The Labute approximate surface area is 132 Å². The number of nitrogens with zero attached hydrogens (tertiary/aromatic N) is 1. The smallest absolute Gasteiger partial charge is 0.339 e. The molecule has 0 heterocycles. The number of hydrogen-bond donors (Lipinski definition) is 1. The molecule has 0 atom stereocenters. The van der Waals surface area contributed by atoms with Crippen molar-refractivity contribution in [1.82, 2.24) is 4.31 Å². The summed E-state index contributed by atoms with van der Waals surface area (Å²) < 4.78 is 34.5. The molecular formula is C13H15NO8S. The molecule has 0 aliphatic rings. The highest BCUT2D eigenvalue weighted by Gasteiger charge is 2.29. The number of ether oxygens (including phenoxy) is 2. The lowest BCUT2D eigenvalue weighted by Crippen LogP contribution is -2.33. The van der Waals surface area contributed by atoms with E-state index in [1.54, 1.807) is 0 Å². The molecule has 10 heteroatoms. The van der Waals surface area contributed by atoms with Gasteiger partial charge in [-0.2, -0.15) is 4.31 Å². The number of carboxylic acid groups (broad SMARTS) is 1. The van der Waals surface area contributed by atoms with Gasteiger partial charge in [0, 0.05) is 7.05 Å². The number of carbonyl (C=O) groups is 3. The monoisotopic (exact) mass is 345 g/mol. The Morgan fingerprint density at radius 1 is 1.13 bits per heavy atom. The van der Waals surface area contributed by atoms with Gasteiger partial charge in [0.25, 0.3) is 0 Å². The van der Waals surface area contributed by atoms with E-state index in [2.05, 4.69) is 9.47 Å². The van der Waals surface area contributed by atoms with Gasteiger partial charge in [-0.1, -0.05) is 0 Å². The van der Waals surface area contributed by atoms with Crippen molar-refractivity contribution >= 4 is 27.9 Å². The molecule has 23 heavy (non-hydrogen) atoms. The summed E-state index contributed by atoms with van der Waals surface area (Å²) in [6.07, 6.45) is 0. The van der Waals surface area contributed by atoms with Crippen LogP contribution in [-0.4, -0.2) is 63.5 Å². The van der Waals surface area contributed by atoms with Gasteiger partial charge in [0.15, 0.2) is 0 Å². The first kappa shape index (κ1) is 18.6. The fourth-order valence-corrected chi connectivity index (χ4v) is 3.02. The molecule has 0 aliphatic carbocycles. The Morgan fingerprint density at radius 3 is 2.17 bits per heavy atom. The molecule has 1 rings (SSSR count). The molecule has 0 radical (unpaired) electrons. The molecule has 0 aliphatic heterocycles. The van der Waals surface area contributed by atoms with Crippen molar-refractivity contribution in [1.29, 1.82) is 0 Å². The van der Waals surface area contributed by atoms with E-state index in [1.165, 1.54) is 6.07 Å². The third-order valence-electron chi connectivity index (χ3n) is 2.85. The third-order valence-corrected chi connectivity index (χ3v) is 4.70. The number of carboxylic acids is 1. The number of esters is 2. The molecule has 126 valence electrons. The highest BCUT2D eigenvalue weighted by Crippen LogP contribution is 2.22. The molecule has 1 N–H and O–H groups in total. The summed E-state index contributed by atoms with van der Waals surface area (Å²) in [4.78, 5) is 33.5. The Hall–Kier alpha value is -2.46. The normalized spacial score (nSPS) is 11.1. The van der Waals surface area contributed by atoms with Crippen LogP contribution in [0.15, 0.2) is 23.1 Å². The van der Waals surface area contributed by atoms with Crippen molar-refractivity contribution < 1.29 is 37.4 Å². The predicted molar refractivity (Wildman–Crippen MR) is 76.6 cm³/mol. The minimum absolute atomic E-state index is 0.109. The summed E-state index contributed by atoms with van der Waals surface area (Å²) in [5.74, 6) is -3.12. The quantitative estimate of drug-likeness (QED) is 0.712. The molecule has 0 saturated heterocycles. The lowest BCUT2D eigenvalue weighted by Gasteiger charge is -2.17. The fraction of sp³-hybridized carbons (Fsp3) is 0.308. The minimum atomic E-state index is -4.34. The first-order chi connectivity index (χ1) is 10.6. The van der Waals surface area contributed by atoms with Gasteiger partial charge in [0.1, 0.15) is 6.54 Å². The fourth-order valence-electron chi connectivity index (χ4n) is 1.70. The first-order valence-electron chi connectivity index (χ1n) is 6.14. The van der Waals surface area contributed by atoms with Gasteiger partial charge >= 0.3 is 17.9 Å². The van der Waals surface area contributed by atoms with Crippen LogP contribution in [0.2, 0.25) is 0 Å². The van der Waals surface area contributed by atoms with E-state index in [9.17, 15) is 22.8 Å². The van der Waals surface area contributed by atoms with Crippen LogP contribution < -0.4 is 0 Å². The summed E-state index contributed by atoms with van der Waals surface area (Å²) in [5.41, 5.74) is -0.431. The second-order valence-corrected chi connectivity index (χ2v) is 6.36. The van der Waals surface area contributed by atoms with E-state index < -0.39 is 39.4 Å². The average molecular weight is 345 g/mol. The zero-order chi connectivity index (χ0) is 17.8.